The molecular weight excluding hydrogens is 362 g/mol. The average Bonchev–Trinajstić information content (AvgIpc) is 2.53. The highest BCUT2D eigenvalue weighted by molar-refractivity contribution is 6.04. The molecule has 0 saturated heterocycles. The van der Waals surface area contributed by atoms with Crippen molar-refractivity contribution in [2.75, 3.05) is 13.2 Å². The van der Waals surface area contributed by atoms with Gasteiger partial charge in [0.25, 0.3) is 0 Å². The van der Waals surface area contributed by atoms with E-state index < -0.39 is 52.9 Å². The molecule has 1 aromatic rings. The maximum absolute atomic E-state index is 13.8. The number of halogens is 2. The maximum atomic E-state index is 13.8. The minimum Gasteiger partial charge on any atom is -0.465 e. The quantitative estimate of drug-likeness (QED) is 0.480. The number of carbonyl (C=O) groups excluding carboxylic acids is 4. The van der Waals surface area contributed by atoms with Crippen LogP contribution < -0.4 is 0 Å². The predicted octanol–water partition coefficient (Wildman–Crippen LogP) is 2.59. The lowest BCUT2D eigenvalue weighted by atomic mass is 9.73. The highest BCUT2D eigenvalue weighted by Gasteiger charge is 2.45. The van der Waals surface area contributed by atoms with Crippen LogP contribution in [0.4, 0.5) is 8.78 Å². The summed E-state index contributed by atoms with van der Waals surface area (Å²) in [6.07, 6.45) is 0. The summed E-state index contributed by atoms with van der Waals surface area (Å²) in [5.41, 5.74) is -0.186. The van der Waals surface area contributed by atoms with Gasteiger partial charge in [-0.1, -0.05) is 0 Å². The number of rotatable bonds is 9. The van der Waals surface area contributed by atoms with Crippen molar-refractivity contribution >= 4 is 23.5 Å². The molecule has 1 rings (SSSR count). The van der Waals surface area contributed by atoms with Crippen molar-refractivity contribution < 1.29 is 37.4 Å². The van der Waals surface area contributed by atoms with E-state index in [9.17, 15) is 28.0 Å². The Morgan fingerprint density at radius 2 is 1.19 bits per heavy atom. The predicted molar refractivity (Wildman–Crippen MR) is 90.7 cm³/mol. The zero-order valence-corrected chi connectivity index (χ0v) is 15.6. The molecule has 27 heavy (non-hydrogen) atoms. The van der Waals surface area contributed by atoms with E-state index in [0.717, 1.165) is 26.0 Å². The lowest BCUT2D eigenvalue weighted by Gasteiger charge is -2.29. The summed E-state index contributed by atoms with van der Waals surface area (Å²) in [5.74, 6) is -10.0. The van der Waals surface area contributed by atoms with E-state index in [-0.39, 0.29) is 18.8 Å². The molecule has 148 valence electrons. The monoisotopic (exact) mass is 384 g/mol. The van der Waals surface area contributed by atoms with Gasteiger partial charge in [-0.2, -0.15) is 0 Å². The first-order chi connectivity index (χ1) is 12.6. The molecule has 0 bridgehead atoms. The normalized spacial score (nSPS) is 14.0. The minimum absolute atomic E-state index is 0.0585. The van der Waals surface area contributed by atoms with Gasteiger partial charge in [-0.05, 0) is 45.4 Å². The number of hydrogen-bond donors (Lipinski definition) is 0. The first-order valence-corrected chi connectivity index (χ1v) is 8.44. The molecule has 0 aliphatic carbocycles. The van der Waals surface area contributed by atoms with Crippen LogP contribution in [0.15, 0.2) is 18.2 Å². The minimum atomic E-state index is -1.61. The summed E-state index contributed by atoms with van der Waals surface area (Å²) >= 11 is 0. The van der Waals surface area contributed by atoms with Gasteiger partial charge in [-0.25, -0.2) is 8.78 Å². The topological polar surface area (TPSA) is 86.7 Å². The highest BCUT2D eigenvalue weighted by Crippen LogP contribution is 2.36. The summed E-state index contributed by atoms with van der Waals surface area (Å²) in [6.45, 7) is 5.06. The first-order valence-electron chi connectivity index (χ1n) is 8.44. The van der Waals surface area contributed by atoms with Crippen LogP contribution in [0.2, 0.25) is 0 Å². The molecule has 8 heteroatoms. The van der Waals surface area contributed by atoms with Gasteiger partial charge < -0.3 is 9.47 Å². The molecular formula is C19H22F2O6. The Morgan fingerprint density at radius 1 is 0.815 bits per heavy atom. The SMILES string of the molecule is CCOC(=O)C(C(C)=O)C(c1cc(F)cc(F)c1)C(C(C)=O)C(=O)OCC. The van der Waals surface area contributed by atoms with Gasteiger partial charge in [0.1, 0.15) is 35.0 Å². The molecule has 0 aromatic heterocycles. The number of hydrogen-bond acceptors (Lipinski definition) is 6. The molecule has 0 aliphatic heterocycles. The number of esters is 2. The Morgan fingerprint density at radius 3 is 1.48 bits per heavy atom. The summed E-state index contributed by atoms with van der Waals surface area (Å²) in [4.78, 5) is 49.2. The van der Waals surface area contributed by atoms with E-state index >= 15 is 0 Å². The van der Waals surface area contributed by atoms with Crippen molar-refractivity contribution in [1.29, 1.82) is 0 Å². The molecule has 0 amide bonds. The van der Waals surface area contributed by atoms with Crippen LogP contribution in [0.3, 0.4) is 0 Å². The molecule has 2 unspecified atom stereocenters. The Hall–Kier alpha value is -2.64. The van der Waals surface area contributed by atoms with E-state index in [0.29, 0.717) is 6.07 Å². The number of ether oxygens (including phenoxy) is 2. The zero-order chi connectivity index (χ0) is 20.7. The fourth-order valence-electron chi connectivity index (χ4n) is 2.94. The standard InChI is InChI=1S/C19H22F2O6/c1-5-26-18(24)15(10(3)22)17(12-7-13(20)9-14(21)8-12)16(11(4)23)19(25)27-6-2/h7-9,15-17H,5-6H2,1-4H3. The Bertz CT molecular complexity index is 675. The number of Topliss-reactive ketones (excluding diaryl/α,β-unsaturated/α-hetero) is 2. The van der Waals surface area contributed by atoms with Crippen molar-refractivity contribution in [1.82, 2.24) is 0 Å². The van der Waals surface area contributed by atoms with Crippen molar-refractivity contribution in [3.05, 3.63) is 35.4 Å². The molecule has 0 saturated carbocycles. The van der Waals surface area contributed by atoms with Gasteiger partial charge >= 0.3 is 11.9 Å². The number of benzene rings is 1. The smallest absolute Gasteiger partial charge is 0.317 e. The second kappa shape index (κ2) is 9.89. The third-order valence-corrected chi connectivity index (χ3v) is 3.95. The van der Waals surface area contributed by atoms with Crippen molar-refractivity contribution in [2.45, 2.75) is 33.6 Å². The first kappa shape index (κ1) is 22.4. The fourth-order valence-corrected chi connectivity index (χ4v) is 2.94. The third-order valence-electron chi connectivity index (χ3n) is 3.95. The summed E-state index contributed by atoms with van der Waals surface area (Å²) in [7, 11) is 0. The van der Waals surface area contributed by atoms with Gasteiger partial charge in [0.15, 0.2) is 0 Å². The second-order valence-electron chi connectivity index (χ2n) is 5.91. The molecule has 0 N–H and O–H groups in total. The zero-order valence-electron chi connectivity index (χ0n) is 15.6. The lowest BCUT2D eigenvalue weighted by molar-refractivity contribution is -0.157. The summed E-state index contributed by atoms with van der Waals surface area (Å²) in [6, 6.07) is 2.34. The molecule has 6 nitrogen and oxygen atoms in total. The molecule has 0 aliphatic rings. The van der Waals surface area contributed by atoms with E-state index in [4.69, 9.17) is 9.47 Å². The van der Waals surface area contributed by atoms with Crippen molar-refractivity contribution in [3.8, 4) is 0 Å². The number of ketones is 2. The Kier molecular flexibility index (Phi) is 8.21. The van der Waals surface area contributed by atoms with Crippen molar-refractivity contribution in [2.24, 2.45) is 11.8 Å². The highest BCUT2D eigenvalue weighted by atomic mass is 19.1. The average molecular weight is 384 g/mol. The molecule has 2 atom stereocenters. The molecule has 0 spiro atoms. The van der Waals surface area contributed by atoms with Crippen LogP contribution >= 0.6 is 0 Å². The van der Waals surface area contributed by atoms with Crippen LogP contribution in [0, 0.1) is 23.5 Å². The van der Waals surface area contributed by atoms with Crippen LogP contribution in [0.1, 0.15) is 39.2 Å². The van der Waals surface area contributed by atoms with Crippen molar-refractivity contribution in [3.63, 3.8) is 0 Å². The Labute approximate surface area is 155 Å². The molecule has 1 aromatic carbocycles. The van der Waals surface area contributed by atoms with E-state index in [1.807, 2.05) is 0 Å². The van der Waals surface area contributed by atoms with Crippen LogP contribution in [0.5, 0.6) is 0 Å². The molecule has 0 fully saturated rings. The lowest BCUT2D eigenvalue weighted by Crippen LogP contribution is -2.40. The summed E-state index contributed by atoms with van der Waals surface area (Å²) in [5, 5.41) is 0. The maximum Gasteiger partial charge on any atom is 0.317 e. The fraction of sp³-hybridized carbons (Fsp3) is 0.474. The van der Waals surface area contributed by atoms with Gasteiger partial charge in [-0.15, -0.1) is 0 Å². The Balaban J connectivity index is 3.67. The number of carbonyl (C=O) groups is 4. The van der Waals surface area contributed by atoms with E-state index in [2.05, 4.69) is 0 Å². The van der Waals surface area contributed by atoms with Gasteiger partial charge in [0.05, 0.1) is 13.2 Å². The van der Waals surface area contributed by atoms with Crippen LogP contribution in [0.25, 0.3) is 0 Å². The van der Waals surface area contributed by atoms with E-state index in [1.54, 1.807) is 0 Å². The van der Waals surface area contributed by atoms with Gasteiger partial charge in [-0.3, -0.25) is 19.2 Å². The summed E-state index contributed by atoms with van der Waals surface area (Å²) < 4.78 is 37.3. The largest absolute Gasteiger partial charge is 0.465 e. The van der Waals surface area contributed by atoms with E-state index in [1.165, 1.54) is 13.8 Å². The second-order valence-corrected chi connectivity index (χ2v) is 5.91. The molecule has 0 heterocycles. The molecule has 0 radical (unpaired) electrons. The van der Waals surface area contributed by atoms with Gasteiger partial charge in [0.2, 0.25) is 0 Å². The van der Waals surface area contributed by atoms with Gasteiger partial charge in [0, 0.05) is 12.0 Å². The van der Waals surface area contributed by atoms with Crippen LogP contribution in [-0.4, -0.2) is 36.7 Å². The third kappa shape index (κ3) is 5.67. The van der Waals surface area contributed by atoms with Crippen LogP contribution in [-0.2, 0) is 28.7 Å².